The van der Waals surface area contributed by atoms with Gasteiger partial charge in [-0.05, 0) is 12.3 Å². The van der Waals surface area contributed by atoms with E-state index in [2.05, 4.69) is 16.1 Å². The van der Waals surface area contributed by atoms with Crippen molar-refractivity contribution in [2.75, 3.05) is 13.2 Å². The number of alkyl halides is 10. The monoisotopic (exact) mass is 558 g/mol. The summed E-state index contributed by atoms with van der Waals surface area (Å²) in [6.07, 6.45) is -15.7. The lowest BCUT2D eigenvalue weighted by molar-refractivity contribution is -0.348. The summed E-state index contributed by atoms with van der Waals surface area (Å²) in [6, 6.07) is 0. The highest BCUT2D eigenvalue weighted by molar-refractivity contribution is 7.86. The minimum absolute atomic E-state index is 0.569. The summed E-state index contributed by atoms with van der Waals surface area (Å²) in [7, 11) is -6.92. The molecular weight excluding hydrogens is 540 g/mol. The van der Waals surface area contributed by atoms with Gasteiger partial charge in [0.1, 0.15) is 5.57 Å². The molecule has 35 heavy (non-hydrogen) atoms. The number of hydrogen-bond donors (Lipinski definition) is 1. The van der Waals surface area contributed by atoms with Gasteiger partial charge >= 0.3 is 41.2 Å². The van der Waals surface area contributed by atoms with Crippen LogP contribution in [0, 0.1) is 5.92 Å². The van der Waals surface area contributed by atoms with Gasteiger partial charge in [0.2, 0.25) is 0 Å². The molecule has 1 N–H and O–H groups in total. The topological polar surface area (TPSA) is 122 Å². The Hall–Kier alpha value is -2.15. The first kappa shape index (κ1) is 32.8. The predicted molar refractivity (Wildman–Crippen MR) is 92.7 cm³/mol. The summed E-state index contributed by atoms with van der Waals surface area (Å²) in [5, 5.41) is -4.63. The molecule has 0 radical (unpaired) electrons. The van der Waals surface area contributed by atoms with Crippen molar-refractivity contribution in [1.82, 2.24) is 5.32 Å². The molecule has 0 aliphatic carbocycles. The van der Waals surface area contributed by atoms with E-state index in [4.69, 9.17) is 0 Å². The molecule has 0 saturated carbocycles. The lowest BCUT2D eigenvalue weighted by atomic mass is 10.1. The van der Waals surface area contributed by atoms with Crippen LogP contribution in [0.15, 0.2) is 12.2 Å². The first-order valence-corrected chi connectivity index (χ1v) is 10.4. The number of nitrogens with one attached hydrogen (secondary N) is 1. The van der Waals surface area contributed by atoms with Crippen molar-refractivity contribution in [2.45, 2.75) is 56.0 Å². The zero-order valence-electron chi connectivity index (χ0n) is 17.7. The predicted octanol–water partition coefficient (Wildman–Crippen LogP) is 3.25. The molecule has 0 aromatic heterocycles. The SMILES string of the molecule is C=C(C(=O)OC(OCCCC(F)(F)C(F)(F)S(=O)(=O)[O-])(C(=O)NCC(C)C)C(F)(F)F)C(F)(F)F. The van der Waals surface area contributed by atoms with Gasteiger partial charge < -0.3 is 19.3 Å². The minimum atomic E-state index is -6.92. The standard InChI is InChI=1S/C16H19F10NO7S/c1-8(2)7-27-11(29)13(15(22,23)24,34-10(28)9(3)14(19,20)21)33-6-4-5-12(17,18)16(25,26)35(30,31)32/h8H,3-7H2,1-2H3,(H,27,29)(H,30,31,32)/p-1. The number of hydrogen-bond acceptors (Lipinski definition) is 7. The molecule has 0 bridgehead atoms. The van der Waals surface area contributed by atoms with Gasteiger partial charge in [-0.3, -0.25) is 4.79 Å². The van der Waals surface area contributed by atoms with Crippen LogP contribution in [0.1, 0.15) is 26.7 Å². The molecule has 0 aromatic carbocycles. The third-order valence-electron chi connectivity index (χ3n) is 3.85. The molecule has 0 aromatic rings. The maximum atomic E-state index is 13.7. The van der Waals surface area contributed by atoms with Crippen molar-refractivity contribution in [3.8, 4) is 0 Å². The third-order valence-corrected chi connectivity index (χ3v) is 4.77. The van der Waals surface area contributed by atoms with E-state index in [1.807, 2.05) is 0 Å². The van der Waals surface area contributed by atoms with Gasteiger partial charge in [-0.2, -0.15) is 43.9 Å². The van der Waals surface area contributed by atoms with Crippen molar-refractivity contribution < 1.29 is 75.9 Å². The van der Waals surface area contributed by atoms with Crippen LogP contribution in [0.3, 0.4) is 0 Å². The van der Waals surface area contributed by atoms with Gasteiger partial charge in [-0.25, -0.2) is 13.2 Å². The van der Waals surface area contributed by atoms with E-state index >= 15 is 0 Å². The Morgan fingerprint density at radius 2 is 1.49 bits per heavy atom. The maximum absolute atomic E-state index is 13.7. The van der Waals surface area contributed by atoms with Gasteiger partial charge in [0.25, 0.3) is 0 Å². The highest BCUT2D eigenvalue weighted by Crippen LogP contribution is 2.42. The van der Waals surface area contributed by atoms with Crippen LogP contribution in [0.25, 0.3) is 0 Å². The molecule has 0 aliphatic heterocycles. The van der Waals surface area contributed by atoms with Crippen LogP contribution >= 0.6 is 0 Å². The van der Waals surface area contributed by atoms with Gasteiger partial charge in [-0.1, -0.05) is 20.4 Å². The minimum Gasteiger partial charge on any atom is -0.743 e. The Kier molecular flexibility index (Phi) is 10.2. The number of esters is 1. The molecule has 206 valence electrons. The molecular formula is C16H18F10NO7S-. The van der Waals surface area contributed by atoms with Crippen LogP contribution in [-0.4, -0.2) is 67.3 Å². The second-order valence-corrected chi connectivity index (χ2v) is 8.63. The molecule has 1 amide bonds. The number of ether oxygens (including phenoxy) is 2. The highest BCUT2D eigenvalue weighted by Gasteiger charge is 2.67. The fourth-order valence-electron chi connectivity index (χ4n) is 1.97. The van der Waals surface area contributed by atoms with E-state index < -0.39 is 88.8 Å². The van der Waals surface area contributed by atoms with Gasteiger partial charge in [0.15, 0.2) is 10.1 Å². The van der Waals surface area contributed by atoms with E-state index in [0.717, 1.165) is 0 Å². The van der Waals surface area contributed by atoms with Crippen LogP contribution in [0.5, 0.6) is 0 Å². The molecule has 0 saturated heterocycles. The van der Waals surface area contributed by atoms with Crippen LogP contribution in [0.2, 0.25) is 0 Å². The first-order chi connectivity index (χ1) is 15.3. The molecule has 0 aliphatic rings. The molecule has 0 spiro atoms. The average Bonchev–Trinajstić information content (AvgIpc) is 2.64. The zero-order chi connectivity index (χ0) is 28.3. The van der Waals surface area contributed by atoms with Crippen molar-refractivity contribution in [3.63, 3.8) is 0 Å². The van der Waals surface area contributed by atoms with Crippen LogP contribution in [-0.2, 0) is 29.2 Å². The average molecular weight is 558 g/mol. The smallest absolute Gasteiger partial charge is 0.466 e. The van der Waals surface area contributed by atoms with E-state index in [1.54, 1.807) is 5.32 Å². The number of rotatable bonds is 12. The van der Waals surface area contributed by atoms with Crippen molar-refractivity contribution in [2.24, 2.45) is 5.92 Å². The van der Waals surface area contributed by atoms with Crippen LogP contribution < -0.4 is 5.32 Å². The largest absolute Gasteiger partial charge is 0.743 e. The van der Waals surface area contributed by atoms with Crippen LogP contribution in [0.4, 0.5) is 43.9 Å². The third kappa shape index (κ3) is 7.92. The molecule has 0 fully saturated rings. The fraction of sp³-hybridized carbons (Fsp3) is 0.750. The Labute approximate surface area is 191 Å². The normalized spacial score (nSPS) is 15.5. The number of carbonyl (C=O) groups excluding carboxylic acids is 2. The summed E-state index contributed by atoms with van der Waals surface area (Å²) in [5.74, 6) is -16.3. The number of amides is 1. The van der Waals surface area contributed by atoms with Gasteiger partial charge in [0.05, 0.1) is 6.61 Å². The Bertz CT molecular complexity index is 899. The summed E-state index contributed by atoms with van der Waals surface area (Å²) < 4.78 is 171. The quantitative estimate of drug-likeness (QED) is 0.0975. The number of carbonyl (C=O) groups is 2. The maximum Gasteiger partial charge on any atom is 0.466 e. The molecule has 0 rings (SSSR count). The summed E-state index contributed by atoms with van der Waals surface area (Å²) >= 11 is 0. The van der Waals surface area contributed by atoms with Crippen molar-refractivity contribution in [1.29, 1.82) is 0 Å². The zero-order valence-corrected chi connectivity index (χ0v) is 18.5. The van der Waals surface area contributed by atoms with E-state index in [-0.39, 0.29) is 0 Å². The summed E-state index contributed by atoms with van der Waals surface area (Å²) in [4.78, 5) is 23.8. The fourth-order valence-corrected chi connectivity index (χ4v) is 2.44. The molecule has 1 atom stereocenters. The molecule has 1 unspecified atom stereocenters. The second-order valence-electron chi connectivity index (χ2n) is 7.21. The van der Waals surface area contributed by atoms with E-state index in [9.17, 15) is 66.5 Å². The van der Waals surface area contributed by atoms with Crippen molar-refractivity contribution >= 4 is 22.0 Å². The Balaban J connectivity index is 6.03. The van der Waals surface area contributed by atoms with E-state index in [0.29, 0.717) is 0 Å². The first-order valence-electron chi connectivity index (χ1n) is 9.03. The van der Waals surface area contributed by atoms with Crippen molar-refractivity contribution in [3.05, 3.63) is 12.2 Å². The molecule has 0 heterocycles. The van der Waals surface area contributed by atoms with Gasteiger partial charge in [0, 0.05) is 13.0 Å². The lowest BCUT2D eigenvalue weighted by Crippen LogP contribution is -2.62. The molecule has 8 nitrogen and oxygen atoms in total. The lowest BCUT2D eigenvalue weighted by Gasteiger charge is -2.34. The Morgan fingerprint density at radius 1 is 1.00 bits per heavy atom. The highest BCUT2D eigenvalue weighted by atomic mass is 32.2. The Morgan fingerprint density at radius 3 is 1.86 bits per heavy atom. The summed E-state index contributed by atoms with van der Waals surface area (Å²) in [6.45, 7) is 2.51. The second kappa shape index (κ2) is 10.9. The number of halogens is 10. The summed E-state index contributed by atoms with van der Waals surface area (Å²) in [5.41, 5.74) is -2.52. The van der Waals surface area contributed by atoms with E-state index in [1.165, 1.54) is 13.8 Å². The van der Waals surface area contributed by atoms with Gasteiger partial charge in [-0.15, -0.1) is 0 Å². The molecule has 19 heteroatoms.